The van der Waals surface area contributed by atoms with Crippen molar-refractivity contribution in [3.8, 4) is 0 Å². The van der Waals surface area contributed by atoms with Gasteiger partial charge in [-0.2, -0.15) is 18.3 Å². The minimum Gasteiger partial charge on any atom is -0.364 e. The summed E-state index contributed by atoms with van der Waals surface area (Å²) in [4.78, 5) is 28.8. The molecule has 0 bridgehead atoms. The molecule has 180 valence electrons. The molecule has 0 aliphatic rings. The van der Waals surface area contributed by atoms with E-state index in [1.54, 1.807) is 12.1 Å². The van der Waals surface area contributed by atoms with Crippen molar-refractivity contribution in [2.24, 2.45) is 5.73 Å². The van der Waals surface area contributed by atoms with Crippen molar-refractivity contribution >= 4 is 28.4 Å². The molecule has 2 amide bonds. The van der Waals surface area contributed by atoms with Gasteiger partial charge in [0.2, 0.25) is 0 Å². The van der Waals surface area contributed by atoms with E-state index in [9.17, 15) is 27.2 Å². The molecule has 7 nitrogen and oxygen atoms in total. The fraction of sp³-hybridized carbons (Fsp3) is 0.167. The van der Waals surface area contributed by atoms with Gasteiger partial charge < -0.3 is 11.1 Å². The number of benzene rings is 2. The van der Waals surface area contributed by atoms with Crippen molar-refractivity contribution in [3.63, 3.8) is 0 Å². The number of alkyl halides is 3. The molecule has 2 aromatic heterocycles. The number of rotatable bonds is 5. The highest BCUT2D eigenvalue weighted by molar-refractivity contribution is 6.14. The van der Waals surface area contributed by atoms with Crippen LogP contribution in [-0.4, -0.2) is 26.6 Å². The molecular formula is C24H19F4N5O2. The van der Waals surface area contributed by atoms with Gasteiger partial charge in [-0.05, 0) is 43.2 Å². The van der Waals surface area contributed by atoms with Crippen LogP contribution in [0.4, 0.5) is 23.2 Å². The molecule has 0 saturated heterocycles. The van der Waals surface area contributed by atoms with Crippen molar-refractivity contribution in [3.05, 3.63) is 88.1 Å². The summed E-state index contributed by atoms with van der Waals surface area (Å²) in [5, 5.41) is 6.14. The fourth-order valence-electron chi connectivity index (χ4n) is 3.69. The molecule has 11 heteroatoms. The average molecular weight is 485 g/mol. The van der Waals surface area contributed by atoms with Crippen LogP contribution in [0, 0.1) is 19.7 Å². The number of aryl methyl sites for hydroxylation is 1. The Morgan fingerprint density at radius 2 is 1.80 bits per heavy atom. The van der Waals surface area contributed by atoms with Crippen molar-refractivity contribution in [1.29, 1.82) is 0 Å². The lowest BCUT2D eigenvalue weighted by Crippen LogP contribution is -2.19. The SMILES string of the molecule is Cc1ccccc1Cn1nc(C(F)(F)F)c(NC(=O)c2cc(C(N)=O)nc3cc(F)ccc23)c1C. The predicted molar refractivity (Wildman–Crippen MR) is 120 cm³/mol. The molecule has 0 unspecified atom stereocenters. The highest BCUT2D eigenvalue weighted by Gasteiger charge is 2.39. The van der Waals surface area contributed by atoms with Gasteiger partial charge in [0, 0.05) is 11.5 Å². The first-order chi connectivity index (χ1) is 16.5. The normalized spacial score (nSPS) is 11.6. The number of fused-ring (bicyclic) bond motifs is 1. The number of anilines is 1. The molecule has 4 aromatic rings. The number of nitrogens with zero attached hydrogens (tertiary/aromatic N) is 3. The third-order valence-corrected chi connectivity index (χ3v) is 5.56. The second-order valence-corrected chi connectivity index (χ2v) is 7.93. The molecule has 0 aliphatic carbocycles. The zero-order valence-corrected chi connectivity index (χ0v) is 18.6. The van der Waals surface area contributed by atoms with E-state index in [1.165, 1.54) is 13.0 Å². The van der Waals surface area contributed by atoms with E-state index in [0.717, 1.165) is 34.0 Å². The van der Waals surface area contributed by atoms with E-state index in [0.29, 0.717) is 0 Å². The molecule has 0 spiro atoms. The number of pyridine rings is 1. The second kappa shape index (κ2) is 8.82. The summed E-state index contributed by atoms with van der Waals surface area (Å²) in [6.07, 6.45) is -4.85. The number of primary amides is 1. The number of amides is 2. The number of carbonyl (C=O) groups excluding carboxylic acids is 2. The molecule has 0 atom stereocenters. The summed E-state index contributed by atoms with van der Waals surface area (Å²) in [7, 11) is 0. The van der Waals surface area contributed by atoms with Gasteiger partial charge in [-0.3, -0.25) is 14.3 Å². The minimum atomic E-state index is -4.85. The first kappa shape index (κ1) is 23.9. The van der Waals surface area contributed by atoms with Crippen molar-refractivity contribution < 1.29 is 27.2 Å². The van der Waals surface area contributed by atoms with Crippen molar-refractivity contribution in [2.75, 3.05) is 5.32 Å². The van der Waals surface area contributed by atoms with Crippen LogP contribution in [0.1, 0.15) is 43.4 Å². The first-order valence-corrected chi connectivity index (χ1v) is 10.4. The second-order valence-electron chi connectivity index (χ2n) is 7.93. The highest BCUT2D eigenvalue weighted by atomic mass is 19.4. The highest BCUT2D eigenvalue weighted by Crippen LogP contribution is 2.36. The number of hydrogen-bond donors (Lipinski definition) is 2. The molecule has 0 radical (unpaired) electrons. The van der Waals surface area contributed by atoms with Crippen LogP contribution in [0.25, 0.3) is 10.9 Å². The molecular weight excluding hydrogens is 466 g/mol. The number of nitrogens with two attached hydrogens (primary N) is 1. The number of aromatic nitrogens is 3. The lowest BCUT2D eigenvalue weighted by atomic mass is 10.1. The monoisotopic (exact) mass is 485 g/mol. The summed E-state index contributed by atoms with van der Waals surface area (Å²) < 4.78 is 56.4. The number of hydrogen-bond acceptors (Lipinski definition) is 4. The number of nitrogens with one attached hydrogen (secondary N) is 1. The lowest BCUT2D eigenvalue weighted by molar-refractivity contribution is -0.140. The molecule has 4 rings (SSSR count). The van der Waals surface area contributed by atoms with Gasteiger partial charge in [0.05, 0.1) is 29.0 Å². The fourth-order valence-corrected chi connectivity index (χ4v) is 3.69. The molecule has 0 fully saturated rings. The van der Waals surface area contributed by atoms with Crippen LogP contribution >= 0.6 is 0 Å². The Balaban J connectivity index is 1.79. The standard InChI is InChI=1S/C24H19F4N5O2/c1-12-5-3-4-6-14(12)11-33-13(2)20(21(32-33)24(26,27)28)31-23(35)17-10-19(22(29)34)30-18-9-15(25)7-8-16(17)18/h3-10H,11H2,1-2H3,(H2,29,34)(H,31,35). The van der Waals surface area contributed by atoms with Gasteiger partial charge in [-0.1, -0.05) is 24.3 Å². The zero-order valence-electron chi connectivity index (χ0n) is 18.6. The maximum Gasteiger partial charge on any atom is 0.437 e. The van der Waals surface area contributed by atoms with Gasteiger partial charge in [0.15, 0.2) is 5.69 Å². The van der Waals surface area contributed by atoms with E-state index in [-0.39, 0.29) is 34.4 Å². The van der Waals surface area contributed by atoms with Crippen LogP contribution in [0.5, 0.6) is 0 Å². The molecule has 2 aromatic carbocycles. The Bertz CT molecular complexity index is 1480. The quantitative estimate of drug-likeness (QED) is 0.403. The zero-order chi connectivity index (χ0) is 25.5. The van der Waals surface area contributed by atoms with Crippen LogP contribution < -0.4 is 11.1 Å². The summed E-state index contributed by atoms with van der Waals surface area (Å²) in [6.45, 7) is 3.29. The molecule has 35 heavy (non-hydrogen) atoms. The van der Waals surface area contributed by atoms with Gasteiger partial charge in [0.1, 0.15) is 11.5 Å². The first-order valence-electron chi connectivity index (χ1n) is 10.4. The number of carbonyl (C=O) groups is 2. The predicted octanol–water partition coefficient (Wildman–Crippen LogP) is 4.61. The average Bonchev–Trinajstić information content (AvgIpc) is 3.09. The lowest BCUT2D eigenvalue weighted by Gasteiger charge is -2.12. The van der Waals surface area contributed by atoms with Crippen LogP contribution in [0.2, 0.25) is 0 Å². The van der Waals surface area contributed by atoms with Gasteiger partial charge in [-0.15, -0.1) is 0 Å². The minimum absolute atomic E-state index is 0.0468. The van der Waals surface area contributed by atoms with Gasteiger partial charge in [-0.25, -0.2) is 9.37 Å². The summed E-state index contributed by atoms with van der Waals surface area (Å²) in [5.74, 6) is -2.62. The van der Waals surface area contributed by atoms with E-state index in [4.69, 9.17) is 5.73 Å². The summed E-state index contributed by atoms with van der Waals surface area (Å²) >= 11 is 0. The summed E-state index contributed by atoms with van der Waals surface area (Å²) in [5.41, 5.74) is 4.61. The molecule has 0 saturated carbocycles. The molecule has 3 N–H and O–H groups in total. The van der Waals surface area contributed by atoms with E-state index in [2.05, 4.69) is 15.4 Å². The van der Waals surface area contributed by atoms with E-state index in [1.807, 2.05) is 19.1 Å². The third-order valence-electron chi connectivity index (χ3n) is 5.56. The van der Waals surface area contributed by atoms with E-state index >= 15 is 0 Å². The topological polar surface area (TPSA) is 103 Å². The summed E-state index contributed by atoms with van der Waals surface area (Å²) in [6, 6.07) is 11.5. The Labute approximate surface area is 196 Å². The Kier molecular flexibility index (Phi) is 6.01. The maximum atomic E-state index is 13.8. The van der Waals surface area contributed by atoms with Crippen molar-refractivity contribution in [1.82, 2.24) is 14.8 Å². The molecule has 0 aliphatic heterocycles. The van der Waals surface area contributed by atoms with E-state index < -0.39 is 35.2 Å². The maximum absolute atomic E-state index is 13.8. The Hall–Kier alpha value is -4.28. The largest absolute Gasteiger partial charge is 0.437 e. The smallest absolute Gasteiger partial charge is 0.364 e. The third kappa shape index (κ3) is 4.70. The van der Waals surface area contributed by atoms with Crippen LogP contribution in [0.3, 0.4) is 0 Å². The van der Waals surface area contributed by atoms with Crippen LogP contribution in [-0.2, 0) is 12.7 Å². The van der Waals surface area contributed by atoms with Crippen LogP contribution in [0.15, 0.2) is 48.5 Å². The Morgan fingerprint density at radius 3 is 2.46 bits per heavy atom. The molecule has 2 heterocycles. The number of halogens is 4. The van der Waals surface area contributed by atoms with Crippen molar-refractivity contribution in [2.45, 2.75) is 26.6 Å². The van der Waals surface area contributed by atoms with Gasteiger partial charge in [0.25, 0.3) is 11.8 Å². The Morgan fingerprint density at radius 1 is 1.09 bits per heavy atom. The van der Waals surface area contributed by atoms with Gasteiger partial charge >= 0.3 is 6.18 Å².